The molecule has 1 aliphatic rings. The Labute approximate surface area is 187 Å². The molecule has 0 N–H and O–H groups in total. The summed E-state index contributed by atoms with van der Waals surface area (Å²) in [6, 6.07) is 11.3. The van der Waals surface area contributed by atoms with Gasteiger partial charge in [0.1, 0.15) is 11.5 Å². The second kappa shape index (κ2) is 9.58. The molecule has 0 radical (unpaired) electrons. The molecule has 10 heteroatoms. The van der Waals surface area contributed by atoms with E-state index in [9.17, 15) is 18.0 Å². The maximum absolute atomic E-state index is 13.1. The first-order valence-corrected chi connectivity index (χ1v) is 11.5. The number of esters is 1. The van der Waals surface area contributed by atoms with Crippen molar-refractivity contribution in [2.24, 2.45) is 0 Å². The van der Waals surface area contributed by atoms with Gasteiger partial charge < -0.3 is 19.1 Å². The van der Waals surface area contributed by atoms with Crippen LogP contribution in [0, 0.1) is 6.92 Å². The van der Waals surface area contributed by atoms with Crippen LogP contribution in [0.3, 0.4) is 0 Å². The lowest BCUT2D eigenvalue weighted by Crippen LogP contribution is -2.50. The number of anilines is 1. The quantitative estimate of drug-likeness (QED) is 0.580. The minimum absolute atomic E-state index is 0.0589. The van der Waals surface area contributed by atoms with E-state index in [0.29, 0.717) is 29.4 Å². The number of para-hydroxylation sites is 2. The lowest BCUT2D eigenvalue weighted by Gasteiger charge is -2.34. The van der Waals surface area contributed by atoms with Crippen LogP contribution < -0.4 is 14.4 Å². The normalized spacial score (nSPS) is 15.7. The number of hydrogen-bond acceptors (Lipinski definition) is 7. The fraction of sp³-hybridized carbons (Fsp3) is 0.364. The summed E-state index contributed by atoms with van der Waals surface area (Å²) in [5.41, 5.74) is 1.14. The van der Waals surface area contributed by atoms with Crippen molar-refractivity contribution >= 4 is 27.6 Å². The highest BCUT2D eigenvalue weighted by molar-refractivity contribution is 7.89. The summed E-state index contributed by atoms with van der Waals surface area (Å²) < 4.78 is 42.9. The van der Waals surface area contributed by atoms with E-state index < -0.39 is 34.5 Å². The van der Waals surface area contributed by atoms with Crippen LogP contribution in [0.2, 0.25) is 0 Å². The van der Waals surface area contributed by atoms with E-state index in [0.717, 1.165) is 4.31 Å². The van der Waals surface area contributed by atoms with Gasteiger partial charge in [-0.15, -0.1) is 0 Å². The number of likely N-dealkylation sites (N-methyl/N-ethyl adjacent to an activating group) is 1. The van der Waals surface area contributed by atoms with E-state index >= 15 is 0 Å². The van der Waals surface area contributed by atoms with Crippen LogP contribution in [0.1, 0.15) is 12.5 Å². The first-order valence-electron chi connectivity index (χ1n) is 10.0. The maximum atomic E-state index is 13.1. The molecule has 0 aliphatic carbocycles. The van der Waals surface area contributed by atoms with Gasteiger partial charge in [-0.2, -0.15) is 4.31 Å². The standard InChI is InChI=1S/C22H26N2O7S/c1-5-30-18-11-10-16(12-15(18)2)32(27,28)23(3)14-21(25)24-13-20(22(26)29-4)31-19-9-7-6-8-17(19)24/h6-12,20H,5,13-14H2,1-4H3/t20-/m0/s1. The molecule has 32 heavy (non-hydrogen) atoms. The van der Waals surface area contributed by atoms with E-state index in [1.54, 1.807) is 37.3 Å². The van der Waals surface area contributed by atoms with Crippen molar-refractivity contribution in [3.05, 3.63) is 48.0 Å². The Morgan fingerprint density at radius 2 is 1.94 bits per heavy atom. The summed E-state index contributed by atoms with van der Waals surface area (Å²) in [5.74, 6) is -0.175. The number of benzene rings is 2. The van der Waals surface area contributed by atoms with Gasteiger partial charge in [-0.05, 0) is 49.7 Å². The molecule has 2 aromatic carbocycles. The predicted octanol–water partition coefficient (Wildman–Crippen LogP) is 1.98. The number of carbonyl (C=O) groups is 2. The summed E-state index contributed by atoms with van der Waals surface area (Å²) in [4.78, 5) is 26.5. The predicted molar refractivity (Wildman–Crippen MR) is 117 cm³/mol. The van der Waals surface area contributed by atoms with E-state index in [1.807, 2.05) is 6.92 Å². The average molecular weight is 463 g/mol. The van der Waals surface area contributed by atoms with Crippen LogP contribution >= 0.6 is 0 Å². The van der Waals surface area contributed by atoms with Crippen molar-refractivity contribution in [3.63, 3.8) is 0 Å². The Kier molecular flexibility index (Phi) is 7.05. The Morgan fingerprint density at radius 3 is 2.59 bits per heavy atom. The molecule has 1 atom stereocenters. The number of rotatable bonds is 7. The number of ether oxygens (including phenoxy) is 3. The van der Waals surface area contributed by atoms with Gasteiger partial charge in [-0.1, -0.05) is 12.1 Å². The number of hydrogen-bond donors (Lipinski definition) is 0. The third-order valence-electron chi connectivity index (χ3n) is 5.05. The molecule has 1 amide bonds. The topological polar surface area (TPSA) is 102 Å². The number of fused-ring (bicyclic) bond motifs is 1. The summed E-state index contributed by atoms with van der Waals surface area (Å²) in [7, 11) is -1.36. The fourth-order valence-corrected chi connectivity index (χ4v) is 4.57. The second-order valence-corrected chi connectivity index (χ2v) is 9.27. The first-order chi connectivity index (χ1) is 15.2. The Hall–Kier alpha value is -3.11. The molecule has 0 saturated heterocycles. The van der Waals surface area contributed by atoms with E-state index in [2.05, 4.69) is 0 Å². The molecule has 172 valence electrons. The molecular weight excluding hydrogens is 436 g/mol. The zero-order valence-corrected chi connectivity index (χ0v) is 19.2. The van der Waals surface area contributed by atoms with Crippen LogP contribution in [0.4, 0.5) is 5.69 Å². The van der Waals surface area contributed by atoms with Crippen molar-refractivity contribution in [1.29, 1.82) is 0 Å². The van der Waals surface area contributed by atoms with Crippen LogP contribution in [0.15, 0.2) is 47.4 Å². The molecule has 1 heterocycles. The van der Waals surface area contributed by atoms with Crippen LogP contribution in [0.25, 0.3) is 0 Å². The molecular formula is C22H26N2O7S. The van der Waals surface area contributed by atoms with Gasteiger partial charge in [0, 0.05) is 7.05 Å². The maximum Gasteiger partial charge on any atom is 0.348 e. The first kappa shape index (κ1) is 23.6. The Morgan fingerprint density at radius 1 is 1.22 bits per heavy atom. The number of nitrogens with zero attached hydrogens (tertiary/aromatic N) is 2. The van der Waals surface area contributed by atoms with Gasteiger partial charge in [0.25, 0.3) is 0 Å². The summed E-state index contributed by atoms with van der Waals surface area (Å²) in [6.07, 6.45) is -1.01. The minimum atomic E-state index is -3.93. The number of sulfonamides is 1. The zero-order valence-electron chi connectivity index (χ0n) is 18.4. The smallest absolute Gasteiger partial charge is 0.348 e. The molecule has 0 unspecified atom stereocenters. The van der Waals surface area contributed by atoms with Crippen LogP contribution in [-0.2, 0) is 24.3 Å². The molecule has 9 nitrogen and oxygen atoms in total. The van der Waals surface area contributed by atoms with Gasteiger partial charge in [0.15, 0.2) is 0 Å². The highest BCUT2D eigenvalue weighted by Crippen LogP contribution is 2.33. The third kappa shape index (κ3) is 4.71. The summed E-state index contributed by atoms with van der Waals surface area (Å²) >= 11 is 0. The number of methoxy groups -OCH3 is 1. The van der Waals surface area contributed by atoms with Crippen LogP contribution in [-0.4, -0.2) is 64.6 Å². The van der Waals surface area contributed by atoms with Crippen molar-refractivity contribution in [1.82, 2.24) is 4.31 Å². The van der Waals surface area contributed by atoms with Crippen molar-refractivity contribution < 1.29 is 32.2 Å². The third-order valence-corrected chi connectivity index (χ3v) is 6.85. The number of amides is 1. The molecule has 0 spiro atoms. The highest BCUT2D eigenvalue weighted by atomic mass is 32.2. The van der Waals surface area contributed by atoms with E-state index in [4.69, 9.17) is 14.2 Å². The largest absolute Gasteiger partial charge is 0.494 e. The number of aryl methyl sites for hydroxylation is 1. The molecule has 0 bridgehead atoms. The second-order valence-electron chi connectivity index (χ2n) is 7.22. The lowest BCUT2D eigenvalue weighted by atomic mass is 10.2. The Bertz CT molecular complexity index is 1120. The summed E-state index contributed by atoms with van der Waals surface area (Å²) in [6.45, 7) is 3.56. The summed E-state index contributed by atoms with van der Waals surface area (Å²) in [5, 5.41) is 0. The zero-order chi connectivity index (χ0) is 23.5. The molecule has 0 fully saturated rings. The van der Waals surface area contributed by atoms with Gasteiger partial charge in [0.2, 0.25) is 22.0 Å². The SMILES string of the molecule is CCOc1ccc(S(=O)(=O)N(C)CC(=O)N2C[C@@H](C(=O)OC)Oc3ccccc32)cc1C. The minimum Gasteiger partial charge on any atom is -0.494 e. The van der Waals surface area contributed by atoms with E-state index in [1.165, 1.54) is 31.2 Å². The lowest BCUT2D eigenvalue weighted by molar-refractivity contribution is -0.148. The van der Waals surface area contributed by atoms with Gasteiger partial charge in [0.05, 0.1) is 37.4 Å². The molecule has 1 aliphatic heterocycles. The van der Waals surface area contributed by atoms with Crippen molar-refractivity contribution in [2.45, 2.75) is 24.8 Å². The average Bonchev–Trinajstić information content (AvgIpc) is 2.78. The molecule has 3 rings (SSSR count). The van der Waals surface area contributed by atoms with Gasteiger partial charge >= 0.3 is 5.97 Å². The molecule has 2 aromatic rings. The monoisotopic (exact) mass is 462 g/mol. The number of carbonyl (C=O) groups excluding carboxylic acids is 2. The fourth-order valence-electron chi connectivity index (χ4n) is 3.37. The van der Waals surface area contributed by atoms with Gasteiger partial charge in [-0.3, -0.25) is 4.79 Å². The van der Waals surface area contributed by atoms with Crippen LogP contribution in [0.5, 0.6) is 11.5 Å². The van der Waals surface area contributed by atoms with E-state index in [-0.39, 0.29) is 11.4 Å². The molecule has 0 aromatic heterocycles. The molecule has 0 saturated carbocycles. The van der Waals surface area contributed by atoms with Crippen molar-refractivity contribution in [3.8, 4) is 11.5 Å². The van der Waals surface area contributed by atoms with Gasteiger partial charge in [-0.25, -0.2) is 13.2 Å². The highest BCUT2D eigenvalue weighted by Gasteiger charge is 2.35. The van der Waals surface area contributed by atoms with Crippen molar-refractivity contribution in [2.75, 3.05) is 38.8 Å². The Balaban J connectivity index is 1.82.